The molecule has 2 aliphatic rings. The van der Waals surface area contributed by atoms with E-state index in [0.29, 0.717) is 49.0 Å². The fourth-order valence-corrected chi connectivity index (χ4v) is 12.5. The molecule has 526 valence electrons. The summed E-state index contributed by atoms with van der Waals surface area (Å²) in [7, 11) is 9.84. The van der Waals surface area contributed by atoms with Crippen LogP contribution in [0.2, 0.25) is 0 Å². The molecule has 0 saturated carbocycles. The van der Waals surface area contributed by atoms with Gasteiger partial charge in [0.25, 0.3) is 0 Å². The Kier molecular flexibility index (Phi) is 30.3. The average molecular weight is 1440 g/mol. The molecule has 0 radical (unpaired) electrons. The van der Waals surface area contributed by atoms with Crippen LogP contribution in [0.1, 0.15) is 116 Å². The highest BCUT2D eigenvalue weighted by molar-refractivity contribution is 14.1. The zero-order valence-electron chi connectivity index (χ0n) is 58.8. The molecule has 9 atom stereocenters. The predicted molar refractivity (Wildman–Crippen MR) is 374 cm³/mol. The van der Waals surface area contributed by atoms with Crippen molar-refractivity contribution in [1.29, 1.82) is 0 Å². The van der Waals surface area contributed by atoms with Gasteiger partial charge >= 0.3 is 0 Å². The number of carbonyl (C=O) groups excluding carboxylic acids is 12. The monoisotopic (exact) mass is 1440 g/mol. The second-order valence-electron chi connectivity index (χ2n) is 27.0. The first-order valence-electron chi connectivity index (χ1n) is 33.3. The Morgan fingerprint density at radius 2 is 1.07 bits per heavy atom. The molecule has 0 bridgehead atoms. The van der Waals surface area contributed by atoms with E-state index >= 15 is 9.59 Å². The Labute approximate surface area is 580 Å². The van der Waals surface area contributed by atoms with Crippen LogP contribution in [-0.2, 0) is 76.8 Å². The fourth-order valence-electron chi connectivity index (χ4n) is 11.9. The number of carbonyl (C=O) groups is 12. The van der Waals surface area contributed by atoms with E-state index in [-0.39, 0.29) is 43.9 Å². The van der Waals surface area contributed by atoms with Gasteiger partial charge in [0.2, 0.25) is 70.9 Å². The van der Waals surface area contributed by atoms with Gasteiger partial charge in [-0.2, -0.15) is 0 Å². The van der Waals surface area contributed by atoms with Crippen LogP contribution < -0.4 is 21.3 Å². The maximum atomic E-state index is 15.3. The van der Waals surface area contributed by atoms with Crippen molar-refractivity contribution in [3.8, 4) is 0 Å². The maximum absolute atomic E-state index is 15.3. The van der Waals surface area contributed by atoms with Crippen molar-refractivity contribution in [2.45, 2.75) is 168 Å². The SMILES string of the molecule is CC[C@H](C)[C@@H]1NC(=O)[C@H](CC(C)C)N(C)C(=O)C[C@@H](C(=O)N2CCCCC2)N(C)C(=O)[C@H](CC(C)C)NC(=O)[C@H](Cc2ccccc2)N(C)C(=O)[C@H](C)NC(=O)[C@H](Cc2cccc(I)c2)NC(=O)CN(C)C(=O)[C@H](Cc2ccc(C)cc2)N(C)C(=O)CN(C)C(=O)CN(C)C1=O. The summed E-state index contributed by atoms with van der Waals surface area (Å²) in [5.74, 6) is -8.88. The molecule has 5 rings (SSSR count). The zero-order valence-corrected chi connectivity index (χ0v) is 61.0. The van der Waals surface area contributed by atoms with Gasteiger partial charge in [-0.05, 0) is 115 Å². The average Bonchev–Trinajstić information content (AvgIpc) is 0.845. The number of halogens is 1. The standard InChI is InChI=1S/C71H103IN12O12/c1-16-47(7)63-71(96)79(11)42-61(87)77(9)43-62(88)81(13)57(39-50-30-28-46(6)29-31-50)69(94)78(10)41-59(85)74-53(37-51-26-23-27-52(72)36-51)64(89)73-48(8)67(92)82(14)56(38-49-24-19-17-20-25-49)65(90)75-54(34-44(2)3)68(93)83(15)58(70(95)84-32-21-18-22-33-84)40-60(86)80(12)55(35-45(4)5)66(91)76-63/h17,19-20,23-31,36,44-45,47-48,53-58,63H,16,18,21-22,32-35,37-43H2,1-15H3,(H,73,89)(H,74,85)(H,75,90)(H,76,91)/t47-,48-,53-,54-,55-,56-,57-,58-,63-/m0/s1. The highest BCUT2D eigenvalue weighted by atomic mass is 127. The van der Waals surface area contributed by atoms with Crippen molar-refractivity contribution >= 4 is 93.5 Å². The Morgan fingerprint density at radius 1 is 0.510 bits per heavy atom. The Hall–Kier alpha value is -7.97. The Balaban J connectivity index is 1.62. The van der Waals surface area contributed by atoms with Gasteiger partial charge in [-0.3, -0.25) is 57.5 Å². The first-order chi connectivity index (χ1) is 45.2. The number of amides is 12. The molecule has 2 fully saturated rings. The van der Waals surface area contributed by atoms with Crippen LogP contribution in [0.15, 0.2) is 78.9 Å². The lowest BCUT2D eigenvalue weighted by molar-refractivity contribution is -0.151. The van der Waals surface area contributed by atoms with Crippen molar-refractivity contribution in [3.05, 3.63) is 105 Å². The molecular formula is C71H103IN12O12. The van der Waals surface area contributed by atoms with Crippen LogP contribution in [-0.4, -0.2) is 240 Å². The molecule has 2 heterocycles. The van der Waals surface area contributed by atoms with Crippen molar-refractivity contribution in [1.82, 2.24) is 60.5 Å². The predicted octanol–water partition coefficient (Wildman–Crippen LogP) is 3.82. The highest BCUT2D eigenvalue weighted by Gasteiger charge is 2.42. The molecule has 3 aromatic rings. The molecular weight excluding hydrogens is 1340 g/mol. The number of piperidine rings is 1. The van der Waals surface area contributed by atoms with Gasteiger partial charge < -0.3 is 60.5 Å². The Morgan fingerprint density at radius 3 is 1.68 bits per heavy atom. The third kappa shape index (κ3) is 22.6. The number of nitrogens with zero attached hydrogens (tertiary/aromatic N) is 8. The van der Waals surface area contributed by atoms with Gasteiger partial charge in [0.1, 0.15) is 48.3 Å². The second-order valence-corrected chi connectivity index (χ2v) is 28.2. The quantitative estimate of drug-likeness (QED) is 0.178. The lowest BCUT2D eigenvalue weighted by atomic mass is 9.95. The van der Waals surface area contributed by atoms with Crippen LogP contribution in [0, 0.1) is 28.2 Å². The number of hydrogen-bond acceptors (Lipinski definition) is 12. The molecule has 0 aromatic heterocycles. The zero-order chi connectivity index (χ0) is 71.4. The van der Waals surface area contributed by atoms with Gasteiger partial charge in [0, 0.05) is 85.3 Å². The molecule has 2 aliphatic heterocycles. The number of hydrogen-bond donors (Lipinski definition) is 4. The van der Waals surface area contributed by atoms with Crippen molar-refractivity contribution < 1.29 is 57.5 Å². The summed E-state index contributed by atoms with van der Waals surface area (Å²) in [4.78, 5) is 186. The largest absolute Gasteiger partial charge is 0.343 e. The number of rotatable bonds is 13. The minimum Gasteiger partial charge on any atom is -0.343 e. The van der Waals surface area contributed by atoms with Gasteiger partial charge in [-0.1, -0.05) is 120 Å². The van der Waals surface area contributed by atoms with Gasteiger partial charge in [0.15, 0.2) is 0 Å². The van der Waals surface area contributed by atoms with E-state index < -0.39 is 151 Å². The molecule has 0 aliphatic carbocycles. The van der Waals surface area contributed by atoms with Crippen molar-refractivity contribution in [2.75, 3.05) is 82.1 Å². The van der Waals surface area contributed by atoms with Crippen LogP contribution >= 0.6 is 22.6 Å². The molecule has 96 heavy (non-hydrogen) atoms. The van der Waals surface area contributed by atoms with Gasteiger partial charge in [0.05, 0.1) is 26.1 Å². The summed E-state index contributed by atoms with van der Waals surface area (Å²) < 4.78 is 0.843. The number of aryl methyl sites for hydroxylation is 1. The summed E-state index contributed by atoms with van der Waals surface area (Å²) in [6, 6.07) is 13.3. The molecule has 25 heteroatoms. The maximum Gasteiger partial charge on any atom is 0.245 e. The van der Waals surface area contributed by atoms with E-state index in [1.54, 1.807) is 54.3 Å². The summed E-state index contributed by atoms with van der Waals surface area (Å²) in [5.41, 5.74) is 2.96. The van der Waals surface area contributed by atoms with Crippen LogP contribution in [0.3, 0.4) is 0 Å². The first-order valence-corrected chi connectivity index (χ1v) is 34.4. The van der Waals surface area contributed by atoms with E-state index in [1.807, 2.05) is 77.9 Å². The topological polar surface area (TPSA) is 279 Å². The van der Waals surface area contributed by atoms with Gasteiger partial charge in [-0.25, -0.2) is 0 Å². The van der Waals surface area contributed by atoms with E-state index in [9.17, 15) is 47.9 Å². The third-order valence-corrected chi connectivity index (χ3v) is 18.9. The molecule has 2 saturated heterocycles. The lowest BCUT2D eigenvalue weighted by Crippen LogP contribution is -2.61. The summed E-state index contributed by atoms with van der Waals surface area (Å²) in [5, 5.41) is 11.4. The van der Waals surface area contributed by atoms with Crippen molar-refractivity contribution in [3.63, 3.8) is 0 Å². The van der Waals surface area contributed by atoms with Gasteiger partial charge in [-0.15, -0.1) is 0 Å². The van der Waals surface area contributed by atoms with E-state index in [2.05, 4.69) is 43.9 Å². The fraction of sp³-hybridized carbons (Fsp3) is 0.577. The summed E-state index contributed by atoms with van der Waals surface area (Å²) in [6.07, 6.45) is 2.23. The van der Waals surface area contributed by atoms with E-state index in [4.69, 9.17) is 0 Å². The van der Waals surface area contributed by atoms with E-state index in [0.717, 1.165) is 30.3 Å². The highest BCUT2D eigenvalue weighted by Crippen LogP contribution is 2.23. The summed E-state index contributed by atoms with van der Waals surface area (Å²) in [6.45, 7) is 13.5. The normalized spacial score (nSPS) is 23.9. The summed E-state index contributed by atoms with van der Waals surface area (Å²) >= 11 is 2.13. The molecule has 12 amide bonds. The molecule has 24 nitrogen and oxygen atoms in total. The molecule has 0 spiro atoms. The van der Waals surface area contributed by atoms with E-state index in [1.165, 1.54) is 75.9 Å². The lowest BCUT2D eigenvalue weighted by Gasteiger charge is -2.38. The number of likely N-dealkylation sites (N-methyl/N-ethyl adjacent to an activating group) is 7. The van der Waals surface area contributed by atoms with Crippen LogP contribution in [0.4, 0.5) is 0 Å². The minimum atomic E-state index is -1.41. The number of nitrogens with one attached hydrogen (secondary N) is 4. The smallest absolute Gasteiger partial charge is 0.245 e. The Bertz CT molecular complexity index is 3220. The molecule has 4 N–H and O–H groups in total. The number of likely N-dealkylation sites (tertiary alicyclic amines) is 1. The van der Waals surface area contributed by atoms with Crippen LogP contribution in [0.5, 0.6) is 0 Å². The first kappa shape index (κ1) is 78.7. The molecule has 0 unspecified atom stereocenters. The molecule has 3 aromatic carbocycles. The van der Waals surface area contributed by atoms with Crippen LogP contribution in [0.25, 0.3) is 0 Å². The van der Waals surface area contributed by atoms with Crippen molar-refractivity contribution in [2.24, 2.45) is 17.8 Å². The third-order valence-electron chi connectivity index (χ3n) is 18.2. The minimum absolute atomic E-state index is 0.00570. The second kappa shape index (κ2) is 37.0. The number of benzene rings is 3.